The lowest BCUT2D eigenvalue weighted by Crippen LogP contribution is -2.50. The fourth-order valence-electron chi connectivity index (χ4n) is 3.29. The van der Waals surface area contributed by atoms with Gasteiger partial charge in [-0.15, -0.1) is 0 Å². The molecule has 2 amide bonds. The Balaban J connectivity index is 2.03. The Morgan fingerprint density at radius 3 is 1.93 bits per heavy atom. The molecular formula is C19H17F5N2O2. The summed E-state index contributed by atoms with van der Waals surface area (Å²) in [6, 6.07) is 8.00. The summed E-state index contributed by atoms with van der Waals surface area (Å²) in [5.41, 5.74) is -0.847. The molecule has 1 heterocycles. The number of nitrogens with one attached hydrogen (secondary N) is 1. The molecule has 0 saturated carbocycles. The molecule has 1 aliphatic heterocycles. The lowest BCUT2D eigenvalue weighted by atomic mass is 9.84. The molecular weight excluding hydrogens is 383 g/mol. The van der Waals surface area contributed by atoms with Crippen LogP contribution in [0.1, 0.15) is 18.4 Å². The molecule has 150 valence electrons. The van der Waals surface area contributed by atoms with Crippen molar-refractivity contribution in [1.82, 2.24) is 10.2 Å². The molecule has 2 aromatic carbocycles. The third-order valence-corrected chi connectivity index (χ3v) is 4.84. The first kappa shape index (κ1) is 19.9. The van der Waals surface area contributed by atoms with Crippen molar-refractivity contribution >= 4 is 6.03 Å². The van der Waals surface area contributed by atoms with Crippen molar-refractivity contribution in [2.75, 3.05) is 20.1 Å². The van der Waals surface area contributed by atoms with Crippen LogP contribution in [0, 0.1) is 29.1 Å². The SMILES string of the molecule is CNC(=O)N1CCC(Oc2c(F)c(F)c(F)c(F)c2F)(c2ccccc2)CC1. The van der Waals surface area contributed by atoms with Crippen molar-refractivity contribution in [2.24, 2.45) is 0 Å². The molecule has 9 heteroatoms. The van der Waals surface area contributed by atoms with Gasteiger partial charge in [-0.3, -0.25) is 0 Å². The van der Waals surface area contributed by atoms with E-state index in [1.165, 1.54) is 11.9 Å². The average molecular weight is 400 g/mol. The van der Waals surface area contributed by atoms with Gasteiger partial charge >= 0.3 is 6.03 Å². The lowest BCUT2D eigenvalue weighted by molar-refractivity contribution is -0.000364. The summed E-state index contributed by atoms with van der Waals surface area (Å²) in [5, 5.41) is 2.48. The Labute approximate surface area is 157 Å². The Morgan fingerprint density at radius 2 is 1.43 bits per heavy atom. The van der Waals surface area contributed by atoms with Crippen molar-refractivity contribution in [3.05, 3.63) is 65.0 Å². The van der Waals surface area contributed by atoms with E-state index in [4.69, 9.17) is 4.74 Å². The van der Waals surface area contributed by atoms with E-state index in [1.807, 2.05) is 0 Å². The highest BCUT2D eigenvalue weighted by Gasteiger charge is 2.42. The first-order valence-corrected chi connectivity index (χ1v) is 8.53. The van der Waals surface area contributed by atoms with Crippen LogP contribution in [0.25, 0.3) is 0 Å². The summed E-state index contributed by atoms with van der Waals surface area (Å²) < 4.78 is 74.4. The van der Waals surface area contributed by atoms with Crippen LogP contribution in [0.4, 0.5) is 26.7 Å². The maximum absolute atomic E-state index is 14.2. The Kier molecular flexibility index (Phi) is 5.44. The molecule has 0 radical (unpaired) electrons. The number of rotatable bonds is 3. The highest BCUT2D eigenvalue weighted by molar-refractivity contribution is 5.73. The van der Waals surface area contributed by atoms with Gasteiger partial charge in [0.1, 0.15) is 5.60 Å². The maximum atomic E-state index is 14.2. The molecule has 1 fully saturated rings. The van der Waals surface area contributed by atoms with Crippen LogP contribution in [0.3, 0.4) is 0 Å². The summed E-state index contributed by atoms with van der Waals surface area (Å²) >= 11 is 0. The van der Waals surface area contributed by atoms with E-state index in [9.17, 15) is 26.7 Å². The quantitative estimate of drug-likeness (QED) is 0.479. The molecule has 0 aliphatic carbocycles. The van der Waals surface area contributed by atoms with Crippen molar-refractivity contribution in [3.63, 3.8) is 0 Å². The summed E-state index contributed by atoms with van der Waals surface area (Å²) in [6.45, 7) is 0.341. The summed E-state index contributed by atoms with van der Waals surface area (Å²) in [6.07, 6.45) is 0.202. The zero-order valence-electron chi connectivity index (χ0n) is 14.9. The van der Waals surface area contributed by atoms with Crippen LogP contribution in [0.5, 0.6) is 5.75 Å². The summed E-state index contributed by atoms with van der Waals surface area (Å²) in [4.78, 5) is 13.3. The van der Waals surface area contributed by atoms with Crippen LogP contribution in [0.15, 0.2) is 30.3 Å². The minimum Gasteiger partial charge on any atom is -0.476 e. The van der Waals surface area contributed by atoms with E-state index in [2.05, 4.69) is 5.32 Å². The number of urea groups is 1. The molecule has 4 nitrogen and oxygen atoms in total. The molecule has 3 rings (SSSR count). The first-order valence-electron chi connectivity index (χ1n) is 8.53. The summed E-state index contributed by atoms with van der Waals surface area (Å²) in [5.74, 6) is -11.8. The first-order chi connectivity index (χ1) is 13.3. The van der Waals surface area contributed by atoms with Crippen LogP contribution < -0.4 is 10.1 Å². The van der Waals surface area contributed by atoms with Gasteiger partial charge in [0.25, 0.3) is 0 Å². The van der Waals surface area contributed by atoms with Crippen LogP contribution in [0.2, 0.25) is 0 Å². The third kappa shape index (κ3) is 3.36. The molecule has 1 saturated heterocycles. The maximum Gasteiger partial charge on any atom is 0.317 e. The molecule has 2 aromatic rings. The van der Waals surface area contributed by atoms with Gasteiger partial charge in [0.15, 0.2) is 5.75 Å². The predicted octanol–water partition coefficient (Wildman–Crippen LogP) is 4.09. The van der Waals surface area contributed by atoms with Gasteiger partial charge in [0.05, 0.1) is 0 Å². The van der Waals surface area contributed by atoms with Gasteiger partial charge in [0, 0.05) is 33.0 Å². The lowest BCUT2D eigenvalue weighted by Gasteiger charge is -2.42. The third-order valence-electron chi connectivity index (χ3n) is 4.84. The molecule has 1 N–H and O–H groups in total. The largest absolute Gasteiger partial charge is 0.476 e. The summed E-state index contributed by atoms with van der Waals surface area (Å²) in [7, 11) is 1.46. The zero-order valence-corrected chi connectivity index (χ0v) is 14.9. The smallest absolute Gasteiger partial charge is 0.317 e. The number of amides is 2. The molecule has 0 atom stereocenters. The number of piperidine rings is 1. The number of hydrogen-bond donors (Lipinski definition) is 1. The second kappa shape index (κ2) is 7.65. The van der Waals surface area contributed by atoms with E-state index in [0.29, 0.717) is 5.56 Å². The number of ether oxygens (including phenoxy) is 1. The normalized spacial score (nSPS) is 16.0. The molecule has 1 aliphatic rings. The van der Waals surface area contributed by atoms with Gasteiger partial charge in [-0.1, -0.05) is 30.3 Å². The Morgan fingerprint density at radius 1 is 0.929 bits per heavy atom. The second-order valence-electron chi connectivity index (χ2n) is 6.40. The van der Waals surface area contributed by atoms with Gasteiger partial charge in [0.2, 0.25) is 29.1 Å². The number of likely N-dealkylation sites (tertiary alicyclic amines) is 1. The Hall–Kier alpha value is -2.84. The monoisotopic (exact) mass is 400 g/mol. The van der Waals surface area contributed by atoms with E-state index in [1.54, 1.807) is 30.3 Å². The number of carbonyl (C=O) groups excluding carboxylic acids is 1. The topological polar surface area (TPSA) is 41.6 Å². The van der Waals surface area contributed by atoms with Gasteiger partial charge in [-0.05, 0) is 5.56 Å². The fraction of sp³-hybridized carbons (Fsp3) is 0.316. The minimum atomic E-state index is -2.24. The number of hydrogen-bond acceptors (Lipinski definition) is 2. The fourth-order valence-corrected chi connectivity index (χ4v) is 3.29. The number of benzene rings is 2. The molecule has 0 aromatic heterocycles. The number of halogens is 5. The minimum absolute atomic E-state index is 0.101. The number of nitrogens with zero attached hydrogens (tertiary/aromatic N) is 1. The van der Waals surface area contributed by atoms with E-state index in [0.717, 1.165) is 0 Å². The average Bonchev–Trinajstić information content (AvgIpc) is 2.74. The van der Waals surface area contributed by atoms with E-state index in [-0.39, 0.29) is 32.0 Å². The van der Waals surface area contributed by atoms with Gasteiger partial charge in [-0.2, -0.15) is 8.78 Å². The van der Waals surface area contributed by atoms with E-state index < -0.39 is 40.4 Å². The Bertz CT molecular complexity index is 855. The predicted molar refractivity (Wildman–Crippen MR) is 90.2 cm³/mol. The molecule has 0 unspecified atom stereocenters. The molecule has 0 bridgehead atoms. The molecule has 0 spiro atoms. The second-order valence-corrected chi connectivity index (χ2v) is 6.40. The molecule has 28 heavy (non-hydrogen) atoms. The van der Waals surface area contributed by atoms with Crippen molar-refractivity contribution in [1.29, 1.82) is 0 Å². The van der Waals surface area contributed by atoms with Crippen LogP contribution in [-0.2, 0) is 5.60 Å². The number of carbonyl (C=O) groups is 1. The standard InChI is InChI=1S/C19H17F5N2O2/c1-25-18(27)26-9-7-19(8-10-26,11-5-3-2-4-6-11)28-17-15(23)13(21)12(20)14(22)16(17)24/h2-6H,7-10H2,1H3,(H,25,27). The van der Waals surface area contributed by atoms with Crippen molar-refractivity contribution in [3.8, 4) is 5.75 Å². The van der Waals surface area contributed by atoms with Gasteiger partial charge in [-0.25, -0.2) is 18.0 Å². The van der Waals surface area contributed by atoms with Crippen LogP contribution in [-0.4, -0.2) is 31.1 Å². The van der Waals surface area contributed by atoms with Gasteiger partial charge < -0.3 is 15.0 Å². The van der Waals surface area contributed by atoms with Crippen LogP contribution >= 0.6 is 0 Å². The van der Waals surface area contributed by atoms with Crippen molar-refractivity contribution in [2.45, 2.75) is 18.4 Å². The highest BCUT2D eigenvalue weighted by atomic mass is 19.2. The van der Waals surface area contributed by atoms with Crippen molar-refractivity contribution < 1.29 is 31.5 Å². The zero-order chi connectivity index (χ0) is 20.5. The highest BCUT2D eigenvalue weighted by Crippen LogP contribution is 2.41. The van der Waals surface area contributed by atoms with E-state index >= 15 is 0 Å².